The molecule has 1 aromatic heterocycles. The van der Waals surface area contributed by atoms with Crippen LogP contribution in [0.2, 0.25) is 0 Å². The molecule has 3 nitrogen and oxygen atoms in total. The summed E-state index contributed by atoms with van der Waals surface area (Å²) in [5.41, 5.74) is 9.49. The lowest BCUT2D eigenvalue weighted by molar-refractivity contribution is 0.590. The topological polar surface area (TPSA) is 65.6 Å². The van der Waals surface area contributed by atoms with Crippen molar-refractivity contribution in [3.63, 3.8) is 0 Å². The van der Waals surface area contributed by atoms with Gasteiger partial charge in [0.2, 0.25) is 0 Å². The average Bonchev–Trinajstić information content (AvgIpc) is 2.69. The number of anilines is 1. The minimum atomic E-state index is 0.133. The maximum atomic E-state index is 9.08. The fourth-order valence-electron chi connectivity index (χ4n) is 1.94. The zero-order valence-electron chi connectivity index (χ0n) is 10.9. The monoisotopic (exact) mass is 239 g/mol. The summed E-state index contributed by atoms with van der Waals surface area (Å²) in [6.07, 6.45) is 1.78. The summed E-state index contributed by atoms with van der Waals surface area (Å²) in [4.78, 5) is 2.89. The van der Waals surface area contributed by atoms with Crippen LogP contribution in [-0.2, 0) is 5.41 Å². The first-order valence-corrected chi connectivity index (χ1v) is 5.91. The first kappa shape index (κ1) is 12.3. The molecule has 0 atom stereocenters. The van der Waals surface area contributed by atoms with Crippen LogP contribution in [0.3, 0.4) is 0 Å². The standard InChI is InChI=1S/C15H17N3/c1-15(2,3)11-6-4-10(5-7-11)13-9-18-14(17)12(13)8-16/h4-7,9,18H,17H2,1-3H3. The Morgan fingerprint density at radius 2 is 1.78 bits per heavy atom. The highest BCUT2D eigenvalue weighted by atomic mass is 14.8. The van der Waals surface area contributed by atoms with Crippen molar-refractivity contribution in [2.75, 3.05) is 5.73 Å². The number of nitrogen functional groups attached to an aromatic ring is 1. The molecule has 1 heterocycles. The van der Waals surface area contributed by atoms with Crippen LogP contribution in [0.25, 0.3) is 11.1 Å². The van der Waals surface area contributed by atoms with Crippen LogP contribution < -0.4 is 5.73 Å². The van der Waals surface area contributed by atoms with Gasteiger partial charge in [0.15, 0.2) is 0 Å². The quantitative estimate of drug-likeness (QED) is 0.800. The molecular formula is C15H17N3. The Balaban J connectivity index is 2.45. The zero-order chi connectivity index (χ0) is 13.3. The van der Waals surface area contributed by atoms with Crippen LogP contribution in [0, 0.1) is 11.3 Å². The summed E-state index contributed by atoms with van der Waals surface area (Å²) in [5.74, 6) is 0.424. The Labute approximate surface area is 107 Å². The fraction of sp³-hybridized carbons (Fsp3) is 0.267. The summed E-state index contributed by atoms with van der Waals surface area (Å²) in [7, 11) is 0. The SMILES string of the molecule is CC(C)(C)c1ccc(-c2c[nH]c(N)c2C#N)cc1. The van der Waals surface area contributed by atoms with Crippen molar-refractivity contribution in [1.29, 1.82) is 5.26 Å². The molecule has 0 unspecified atom stereocenters. The van der Waals surface area contributed by atoms with Crippen LogP contribution in [0.5, 0.6) is 0 Å². The van der Waals surface area contributed by atoms with Crippen molar-refractivity contribution in [1.82, 2.24) is 4.98 Å². The number of nitriles is 1. The van der Waals surface area contributed by atoms with Crippen molar-refractivity contribution in [2.24, 2.45) is 0 Å². The van der Waals surface area contributed by atoms with E-state index >= 15 is 0 Å². The first-order chi connectivity index (χ1) is 8.43. The average molecular weight is 239 g/mol. The fourth-order valence-corrected chi connectivity index (χ4v) is 1.94. The van der Waals surface area contributed by atoms with Crippen molar-refractivity contribution in [2.45, 2.75) is 26.2 Å². The molecule has 3 heteroatoms. The minimum Gasteiger partial charge on any atom is -0.384 e. The maximum Gasteiger partial charge on any atom is 0.119 e. The van der Waals surface area contributed by atoms with E-state index in [9.17, 15) is 0 Å². The maximum absolute atomic E-state index is 9.08. The van der Waals surface area contributed by atoms with E-state index in [0.717, 1.165) is 11.1 Å². The third-order valence-corrected chi connectivity index (χ3v) is 3.08. The molecule has 0 bridgehead atoms. The third-order valence-electron chi connectivity index (χ3n) is 3.08. The molecule has 1 aromatic carbocycles. The summed E-state index contributed by atoms with van der Waals surface area (Å²) in [5, 5.41) is 9.08. The second kappa shape index (κ2) is 4.23. The van der Waals surface area contributed by atoms with Crippen LogP contribution >= 0.6 is 0 Å². The van der Waals surface area contributed by atoms with Gasteiger partial charge < -0.3 is 10.7 Å². The molecule has 2 rings (SSSR count). The molecule has 0 spiro atoms. The van der Waals surface area contributed by atoms with Gasteiger partial charge in [-0.05, 0) is 16.5 Å². The number of nitrogens with two attached hydrogens (primary N) is 1. The Morgan fingerprint density at radius 1 is 1.17 bits per heavy atom. The number of hydrogen-bond acceptors (Lipinski definition) is 2. The molecule has 2 aromatic rings. The van der Waals surface area contributed by atoms with Crippen molar-refractivity contribution in [3.8, 4) is 17.2 Å². The molecule has 0 aliphatic heterocycles. The van der Waals surface area contributed by atoms with Gasteiger partial charge in [-0.3, -0.25) is 0 Å². The van der Waals surface area contributed by atoms with Crippen LogP contribution in [0.1, 0.15) is 31.9 Å². The highest BCUT2D eigenvalue weighted by molar-refractivity contribution is 5.76. The van der Waals surface area contributed by atoms with Gasteiger partial charge in [-0.2, -0.15) is 5.26 Å². The van der Waals surface area contributed by atoms with Crippen LogP contribution in [-0.4, -0.2) is 4.98 Å². The van der Waals surface area contributed by atoms with E-state index in [1.165, 1.54) is 5.56 Å². The van der Waals surface area contributed by atoms with E-state index in [1.54, 1.807) is 6.20 Å². The number of rotatable bonds is 1. The van der Waals surface area contributed by atoms with E-state index in [2.05, 4.69) is 44.0 Å². The van der Waals surface area contributed by atoms with Gasteiger partial charge >= 0.3 is 0 Å². The van der Waals surface area contributed by atoms with Gasteiger partial charge in [-0.15, -0.1) is 0 Å². The second-order valence-corrected chi connectivity index (χ2v) is 5.43. The lowest BCUT2D eigenvalue weighted by atomic mass is 9.86. The van der Waals surface area contributed by atoms with Gasteiger partial charge in [-0.1, -0.05) is 45.0 Å². The van der Waals surface area contributed by atoms with Gasteiger partial charge in [0.1, 0.15) is 17.5 Å². The normalized spacial score (nSPS) is 11.2. The van der Waals surface area contributed by atoms with Gasteiger partial charge in [0, 0.05) is 11.8 Å². The van der Waals surface area contributed by atoms with E-state index in [1.807, 2.05) is 12.1 Å². The largest absolute Gasteiger partial charge is 0.384 e. The number of hydrogen-bond donors (Lipinski definition) is 2. The lowest BCUT2D eigenvalue weighted by Crippen LogP contribution is -2.10. The molecule has 18 heavy (non-hydrogen) atoms. The smallest absolute Gasteiger partial charge is 0.119 e. The highest BCUT2D eigenvalue weighted by Gasteiger charge is 2.14. The van der Waals surface area contributed by atoms with Crippen LogP contribution in [0.4, 0.5) is 5.82 Å². The molecule has 0 fully saturated rings. The molecule has 0 amide bonds. The Kier molecular flexibility index (Phi) is 2.88. The molecule has 0 saturated carbocycles. The molecule has 0 aliphatic rings. The highest BCUT2D eigenvalue weighted by Crippen LogP contribution is 2.29. The van der Waals surface area contributed by atoms with Crippen molar-refractivity contribution < 1.29 is 0 Å². The number of aromatic amines is 1. The third kappa shape index (κ3) is 2.10. The van der Waals surface area contributed by atoms with Crippen molar-refractivity contribution >= 4 is 5.82 Å². The Bertz CT molecular complexity index is 592. The molecule has 0 saturated heterocycles. The molecule has 0 radical (unpaired) electrons. The second-order valence-electron chi connectivity index (χ2n) is 5.43. The van der Waals surface area contributed by atoms with Gasteiger partial charge in [0.25, 0.3) is 0 Å². The van der Waals surface area contributed by atoms with Crippen LogP contribution in [0.15, 0.2) is 30.5 Å². The number of H-pyrrole nitrogens is 1. The lowest BCUT2D eigenvalue weighted by Gasteiger charge is -2.19. The summed E-state index contributed by atoms with van der Waals surface area (Å²) < 4.78 is 0. The number of nitrogens with one attached hydrogen (secondary N) is 1. The number of nitrogens with zero attached hydrogens (tertiary/aromatic N) is 1. The molecule has 0 aliphatic carbocycles. The molecular weight excluding hydrogens is 222 g/mol. The summed E-state index contributed by atoms with van der Waals surface area (Å²) >= 11 is 0. The summed E-state index contributed by atoms with van der Waals surface area (Å²) in [6, 6.07) is 10.4. The first-order valence-electron chi connectivity index (χ1n) is 5.91. The molecule has 3 N–H and O–H groups in total. The summed E-state index contributed by atoms with van der Waals surface area (Å²) in [6.45, 7) is 6.53. The Hall–Kier alpha value is -2.21. The zero-order valence-corrected chi connectivity index (χ0v) is 10.9. The number of aromatic nitrogens is 1. The van der Waals surface area contributed by atoms with E-state index in [4.69, 9.17) is 11.0 Å². The predicted molar refractivity (Wildman–Crippen MR) is 74.1 cm³/mol. The minimum absolute atomic E-state index is 0.133. The van der Waals surface area contributed by atoms with Crippen molar-refractivity contribution in [3.05, 3.63) is 41.6 Å². The Morgan fingerprint density at radius 3 is 2.28 bits per heavy atom. The van der Waals surface area contributed by atoms with Gasteiger partial charge in [-0.25, -0.2) is 0 Å². The van der Waals surface area contributed by atoms with Gasteiger partial charge in [0.05, 0.1) is 0 Å². The van der Waals surface area contributed by atoms with E-state index in [0.29, 0.717) is 11.4 Å². The number of benzene rings is 1. The molecule has 92 valence electrons. The van der Waals surface area contributed by atoms with E-state index in [-0.39, 0.29) is 5.41 Å². The van der Waals surface area contributed by atoms with E-state index < -0.39 is 0 Å². The predicted octanol–water partition coefficient (Wildman–Crippen LogP) is 3.43.